The molecule has 0 saturated heterocycles. The van der Waals surface area contributed by atoms with E-state index in [0.29, 0.717) is 13.2 Å². The number of hydrogen-bond acceptors (Lipinski definition) is 2. The fourth-order valence-corrected chi connectivity index (χ4v) is 3.22. The van der Waals surface area contributed by atoms with Crippen LogP contribution in [0.15, 0.2) is 18.2 Å². The normalized spacial score (nSPS) is 18.8. The van der Waals surface area contributed by atoms with Crippen LogP contribution in [0.1, 0.15) is 43.2 Å². The van der Waals surface area contributed by atoms with Gasteiger partial charge in [0.05, 0.1) is 6.61 Å². The highest BCUT2D eigenvalue weighted by molar-refractivity contribution is 6.31. The van der Waals surface area contributed by atoms with Gasteiger partial charge in [-0.3, -0.25) is 0 Å². The number of hydrogen-bond donors (Lipinski definition) is 1. The molecule has 1 aliphatic carbocycles. The van der Waals surface area contributed by atoms with Gasteiger partial charge in [-0.15, -0.1) is 0 Å². The Bertz CT molecular complexity index is 399. The largest absolute Gasteiger partial charge is 0.380 e. The molecule has 1 aromatic rings. The summed E-state index contributed by atoms with van der Waals surface area (Å²) in [4.78, 5) is 0. The molecule has 0 spiro atoms. The van der Waals surface area contributed by atoms with Gasteiger partial charge in [0.15, 0.2) is 0 Å². The van der Waals surface area contributed by atoms with Gasteiger partial charge in [-0.25, -0.2) is 0 Å². The highest BCUT2D eigenvalue weighted by atomic mass is 35.5. The molecule has 18 heavy (non-hydrogen) atoms. The van der Waals surface area contributed by atoms with Gasteiger partial charge in [0.1, 0.15) is 0 Å². The van der Waals surface area contributed by atoms with E-state index >= 15 is 0 Å². The molecule has 0 bridgehead atoms. The monoisotopic (exact) mass is 267 g/mol. The van der Waals surface area contributed by atoms with Crippen LogP contribution in [0.25, 0.3) is 0 Å². The Hall–Kier alpha value is -0.570. The SMILES string of the molecule is COCc1ccc(C2(CN)CCCCC2)cc1Cl. The number of ether oxygens (including phenoxy) is 1. The fraction of sp³-hybridized carbons (Fsp3) is 0.600. The van der Waals surface area contributed by atoms with E-state index in [0.717, 1.165) is 10.6 Å². The summed E-state index contributed by atoms with van der Waals surface area (Å²) in [5, 5.41) is 0.799. The smallest absolute Gasteiger partial charge is 0.0727 e. The number of methoxy groups -OCH3 is 1. The Morgan fingerprint density at radius 2 is 2.00 bits per heavy atom. The van der Waals surface area contributed by atoms with E-state index in [1.807, 2.05) is 0 Å². The van der Waals surface area contributed by atoms with Crippen molar-refractivity contribution in [2.24, 2.45) is 5.73 Å². The molecule has 2 rings (SSSR count). The van der Waals surface area contributed by atoms with E-state index in [9.17, 15) is 0 Å². The maximum Gasteiger partial charge on any atom is 0.0727 e. The molecule has 0 amide bonds. The van der Waals surface area contributed by atoms with Crippen LogP contribution >= 0.6 is 11.6 Å². The molecule has 100 valence electrons. The average molecular weight is 268 g/mol. The molecule has 1 saturated carbocycles. The third-order valence-electron chi connectivity index (χ3n) is 4.17. The lowest BCUT2D eigenvalue weighted by Crippen LogP contribution is -2.37. The summed E-state index contributed by atoms with van der Waals surface area (Å²) in [5.74, 6) is 0. The van der Waals surface area contributed by atoms with E-state index in [4.69, 9.17) is 22.1 Å². The topological polar surface area (TPSA) is 35.2 Å². The Morgan fingerprint density at radius 1 is 1.28 bits per heavy atom. The van der Waals surface area contributed by atoms with Crippen molar-refractivity contribution in [3.05, 3.63) is 34.3 Å². The summed E-state index contributed by atoms with van der Waals surface area (Å²) in [7, 11) is 1.69. The lowest BCUT2D eigenvalue weighted by Gasteiger charge is -2.37. The molecule has 0 aliphatic heterocycles. The summed E-state index contributed by atoms with van der Waals surface area (Å²) in [6.45, 7) is 1.28. The number of rotatable bonds is 4. The van der Waals surface area contributed by atoms with Crippen LogP contribution in [0.2, 0.25) is 5.02 Å². The maximum absolute atomic E-state index is 6.33. The van der Waals surface area contributed by atoms with Gasteiger partial charge in [0.25, 0.3) is 0 Å². The molecule has 3 heteroatoms. The van der Waals surface area contributed by atoms with Crippen LogP contribution in [0.4, 0.5) is 0 Å². The zero-order valence-corrected chi connectivity index (χ0v) is 11.8. The van der Waals surface area contributed by atoms with Gasteiger partial charge in [-0.2, -0.15) is 0 Å². The summed E-state index contributed by atoms with van der Waals surface area (Å²) in [6.07, 6.45) is 6.24. The molecule has 2 N–H and O–H groups in total. The van der Waals surface area contributed by atoms with Crippen LogP contribution < -0.4 is 5.73 Å². The first kappa shape index (κ1) is 13.9. The molecular weight excluding hydrogens is 246 g/mol. The minimum atomic E-state index is 0.146. The van der Waals surface area contributed by atoms with E-state index in [1.54, 1.807) is 7.11 Å². The lowest BCUT2D eigenvalue weighted by molar-refractivity contribution is 0.185. The van der Waals surface area contributed by atoms with Crippen molar-refractivity contribution < 1.29 is 4.74 Å². The fourth-order valence-electron chi connectivity index (χ4n) is 2.99. The second kappa shape index (κ2) is 6.05. The molecular formula is C15H22ClNO. The van der Waals surface area contributed by atoms with E-state index in [1.165, 1.54) is 37.7 Å². The van der Waals surface area contributed by atoms with E-state index in [2.05, 4.69) is 18.2 Å². The van der Waals surface area contributed by atoms with Crippen molar-refractivity contribution in [3.8, 4) is 0 Å². The zero-order valence-electron chi connectivity index (χ0n) is 11.0. The molecule has 2 nitrogen and oxygen atoms in total. The second-order valence-electron chi connectivity index (χ2n) is 5.28. The number of nitrogens with two attached hydrogens (primary N) is 1. The third-order valence-corrected chi connectivity index (χ3v) is 4.52. The van der Waals surface area contributed by atoms with E-state index < -0.39 is 0 Å². The minimum absolute atomic E-state index is 0.146. The first-order chi connectivity index (χ1) is 8.72. The number of benzene rings is 1. The van der Waals surface area contributed by atoms with Crippen molar-refractivity contribution in [1.29, 1.82) is 0 Å². The Kier molecular flexibility index (Phi) is 4.66. The Morgan fingerprint density at radius 3 is 2.56 bits per heavy atom. The van der Waals surface area contributed by atoms with Gasteiger partial charge in [0, 0.05) is 24.1 Å². The molecule has 0 radical (unpaired) electrons. The average Bonchev–Trinajstić information content (AvgIpc) is 2.42. The molecule has 1 aliphatic rings. The quantitative estimate of drug-likeness (QED) is 0.904. The van der Waals surface area contributed by atoms with Crippen LogP contribution in [-0.2, 0) is 16.8 Å². The van der Waals surface area contributed by atoms with Crippen molar-refractivity contribution in [2.45, 2.75) is 44.1 Å². The predicted molar refractivity (Wildman–Crippen MR) is 76.0 cm³/mol. The first-order valence-corrected chi connectivity index (χ1v) is 7.07. The predicted octanol–water partition coefficient (Wildman–Crippen LogP) is 3.65. The molecule has 0 aromatic heterocycles. The van der Waals surface area contributed by atoms with Crippen LogP contribution in [0.3, 0.4) is 0 Å². The van der Waals surface area contributed by atoms with Gasteiger partial charge >= 0.3 is 0 Å². The van der Waals surface area contributed by atoms with E-state index in [-0.39, 0.29) is 5.41 Å². The Labute approximate surface area is 114 Å². The third kappa shape index (κ3) is 2.71. The maximum atomic E-state index is 6.33. The highest BCUT2D eigenvalue weighted by Crippen LogP contribution is 2.39. The van der Waals surface area contributed by atoms with Gasteiger partial charge in [-0.05, 0) is 30.0 Å². The second-order valence-corrected chi connectivity index (χ2v) is 5.69. The van der Waals surface area contributed by atoms with Crippen molar-refractivity contribution in [2.75, 3.05) is 13.7 Å². The summed E-state index contributed by atoms with van der Waals surface area (Å²) < 4.78 is 5.14. The summed E-state index contributed by atoms with van der Waals surface area (Å²) >= 11 is 6.33. The van der Waals surface area contributed by atoms with Crippen molar-refractivity contribution in [1.82, 2.24) is 0 Å². The van der Waals surface area contributed by atoms with Crippen molar-refractivity contribution in [3.63, 3.8) is 0 Å². The van der Waals surface area contributed by atoms with Crippen LogP contribution in [0, 0.1) is 0 Å². The van der Waals surface area contributed by atoms with Gasteiger partial charge in [0.2, 0.25) is 0 Å². The highest BCUT2D eigenvalue weighted by Gasteiger charge is 2.32. The molecule has 1 aromatic carbocycles. The van der Waals surface area contributed by atoms with Crippen LogP contribution in [0.5, 0.6) is 0 Å². The lowest BCUT2D eigenvalue weighted by atomic mass is 9.69. The molecule has 1 fully saturated rings. The van der Waals surface area contributed by atoms with Gasteiger partial charge in [-0.1, -0.05) is 43.0 Å². The van der Waals surface area contributed by atoms with Crippen LogP contribution in [-0.4, -0.2) is 13.7 Å². The van der Waals surface area contributed by atoms with Gasteiger partial charge < -0.3 is 10.5 Å². The molecule has 0 atom stereocenters. The molecule has 0 unspecified atom stereocenters. The zero-order chi connectivity index (χ0) is 13.0. The first-order valence-electron chi connectivity index (χ1n) is 6.70. The summed E-state index contributed by atoms with van der Waals surface area (Å²) in [6, 6.07) is 6.35. The molecule has 0 heterocycles. The standard InChI is InChI=1S/C15H22ClNO/c1-18-10-12-5-6-13(9-14(12)16)15(11-17)7-3-2-4-8-15/h5-6,9H,2-4,7-8,10-11,17H2,1H3. The van der Waals surface area contributed by atoms with Crippen molar-refractivity contribution >= 4 is 11.6 Å². The number of halogens is 1. The summed E-state index contributed by atoms with van der Waals surface area (Å²) in [5.41, 5.74) is 8.54. The minimum Gasteiger partial charge on any atom is -0.380 e. The Balaban J connectivity index is 2.28.